The largest absolute Gasteiger partial charge is 0.410 e. The second kappa shape index (κ2) is 10.9. The zero-order valence-corrected chi connectivity index (χ0v) is 21.3. The van der Waals surface area contributed by atoms with E-state index in [0.717, 1.165) is 24.0 Å². The Morgan fingerprint density at radius 1 is 1.14 bits per heavy atom. The van der Waals surface area contributed by atoms with Crippen molar-refractivity contribution >= 4 is 40.8 Å². The molecule has 3 heterocycles. The maximum absolute atomic E-state index is 13.3. The second-order valence-corrected chi connectivity index (χ2v) is 10.1. The number of benzene rings is 1. The average Bonchev–Trinajstić information content (AvgIpc) is 3.73. The quantitative estimate of drug-likeness (QED) is 0.236. The molecule has 0 atom stereocenters. The van der Waals surface area contributed by atoms with Crippen LogP contribution in [-0.2, 0) is 16.0 Å². The molecule has 2 N–H and O–H groups in total. The topological polar surface area (TPSA) is 114 Å². The number of aromatic nitrogens is 2. The second-order valence-electron chi connectivity index (χ2n) is 9.66. The Labute approximate surface area is 220 Å². The van der Waals surface area contributed by atoms with Gasteiger partial charge < -0.3 is 20.3 Å². The first-order chi connectivity index (χ1) is 18.0. The predicted molar refractivity (Wildman–Crippen MR) is 140 cm³/mol. The van der Waals surface area contributed by atoms with E-state index >= 15 is 0 Å². The van der Waals surface area contributed by atoms with Crippen molar-refractivity contribution < 1.29 is 14.8 Å². The van der Waals surface area contributed by atoms with Crippen molar-refractivity contribution in [2.24, 2.45) is 5.16 Å². The molecule has 1 aromatic heterocycles. The molecule has 0 spiro atoms. The van der Waals surface area contributed by atoms with E-state index < -0.39 is 0 Å². The smallest absolute Gasteiger partial charge is 0.272 e. The van der Waals surface area contributed by atoms with Crippen LogP contribution in [0.2, 0.25) is 5.02 Å². The van der Waals surface area contributed by atoms with E-state index in [9.17, 15) is 14.8 Å². The first-order valence-electron chi connectivity index (χ1n) is 12.5. The van der Waals surface area contributed by atoms with Crippen molar-refractivity contribution in [3.8, 4) is 0 Å². The van der Waals surface area contributed by atoms with E-state index in [4.69, 9.17) is 11.6 Å². The number of nitrogens with one attached hydrogen (secondary N) is 1. The molecule has 3 fully saturated rings. The van der Waals surface area contributed by atoms with Gasteiger partial charge in [0.05, 0.1) is 0 Å². The number of carbonyl (C=O) groups excluding carboxylic acids is 2. The molecule has 0 radical (unpaired) electrons. The van der Waals surface area contributed by atoms with Crippen LogP contribution in [0.4, 0.5) is 11.6 Å². The molecular weight excluding hydrogens is 494 g/mol. The van der Waals surface area contributed by atoms with Crippen molar-refractivity contribution in [2.75, 3.05) is 44.6 Å². The lowest BCUT2D eigenvalue weighted by Gasteiger charge is -2.47. The van der Waals surface area contributed by atoms with Gasteiger partial charge in [-0.05, 0) is 48.1 Å². The number of likely N-dealkylation sites (tertiary alicyclic amines) is 1. The van der Waals surface area contributed by atoms with Crippen molar-refractivity contribution in [3.63, 3.8) is 0 Å². The maximum Gasteiger partial charge on any atom is 0.272 e. The van der Waals surface area contributed by atoms with Gasteiger partial charge in [-0.2, -0.15) is 0 Å². The highest BCUT2D eigenvalue weighted by Gasteiger charge is 2.36. The molecule has 0 unspecified atom stereocenters. The molecule has 2 aliphatic heterocycles. The minimum atomic E-state index is -0.288. The number of hydrogen-bond donors (Lipinski definition) is 2. The Kier molecular flexibility index (Phi) is 7.38. The van der Waals surface area contributed by atoms with Crippen LogP contribution in [0.5, 0.6) is 0 Å². The first kappa shape index (κ1) is 25.2. The van der Waals surface area contributed by atoms with Crippen molar-refractivity contribution in [1.82, 2.24) is 24.7 Å². The van der Waals surface area contributed by atoms with Gasteiger partial charge in [-0.15, -0.1) is 0 Å². The zero-order chi connectivity index (χ0) is 25.9. The number of halogens is 1. The molecule has 37 heavy (non-hydrogen) atoms. The normalized spacial score (nSPS) is 18.9. The number of rotatable bonds is 8. The molecule has 1 saturated carbocycles. The van der Waals surface area contributed by atoms with Gasteiger partial charge in [-0.1, -0.05) is 29.4 Å². The summed E-state index contributed by atoms with van der Waals surface area (Å²) in [7, 11) is 0. The summed E-state index contributed by atoms with van der Waals surface area (Å²) >= 11 is 6.58. The van der Waals surface area contributed by atoms with Gasteiger partial charge in [0.15, 0.2) is 0 Å². The third-order valence-electron chi connectivity index (χ3n) is 7.24. The number of amides is 2. The highest BCUT2D eigenvalue weighted by atomic mass is 35.5. The molecule has 1 aromatic carbocycles. The lowest BCUT2D eigenvalue weighted by atomic mass is 9.99. The molecule has 2 saturated heterocycles. The van der Waals surface area contributed by atoms with Crippen molar-refractivity contribution in [3.05, 3.63) is 59.4 Å². The van der Waals surface area contributed by atoms with Crippen LogP contribution >= 0.6 is 11.6 Å². The van der Waals surface area contributed by atoms with Gasteiger partial charge >= 0.3 is 0 Å². The fourth-order valence-electron chi connectivity index (χ4n) is 4.89. The molecule has 3 aliphatic rings. The lowest BCUT2D eigenvalue weighted by molar-refractivity contribution is -0.134. The van der Waals surface area contributed by atoms with Gasteiger partial charge in [-0.3, -0.25) is 14.5 Å². The number of piperazine rings is 1. The fourth-order valence-corrected chi connectivity index (χ4v) is 5.21. The van der Waals surface area contributed by atoms with Gasteiger partial charge in [-0.25, -0.2) is 9.97 Å². The molecule has 2 amide bonds. The molecule has 2 aromatic rings. The summed E-state index contributed by atoms with van der Waals surface area (Å²) in [6, 6.07) is 5.86. The molecule has 11 heteroatoms. The summed E-state index contributed by atoms with van der Waals surface area (Å²) in [5, 5.41) is 17.1. The van der Waals surface area contributed by atoms with E-state index in [1.54, 1.807) is 28.3 Å². The summed E-state index contributed by atoms with van der Waals surface area (Å²) in [5.41, 5.74) is 2.57. The number of hydrogen-bond acceptors (Lipinski definition) is 8. The minimum Gasteiger partial charge on any atom is -0.410 e. The third kappa shape index (κ3) is 5.60. The van der Waals surface area contributed by atoms with Crippen molar-refractivity contribution in [2.45, 2.75) is 31.2 Å². The average molecular weight is 524 g/mol. The number of oxime groups is 1. The molecule has 0 bridgehead atoms. The van der Waals surface area contributed by atoms with Gasteiger partial charge in [0, 0.05) is 74.8 Å². The first-order valence-corrected chi connectivity index (χ1v) is 12.9. The molecule has 10 nitrogen and oxygen atoms in total. The molecule has 194 valence electrons. The number of anilines is 2. The summed E-state index contributed by atoms with van der Waals surface area (Å²) in [6.07, 6.45) is 6.92. The van der Waals surface area contributed by atoms with Gasteiger partial charge in [0.2, 0.25) is 11.9 Å². The van der Waals surface area contributed by atoms with Gasteiger partial charge in [0.1, 0.15) is 5.71 Å². The predicted octanol–water partition coefficient (Wildman–Crippen LogP) is 2.66. The Morgan fingerprint density at radius 3 is 2.46 bits per heavy atom. The summed E-state index contributed by atoms with van der Waals surface area (Å²) < 4.78 is 0. The SMILES string of the molecule is C=CC(=O)N1CC(N2CCN(C(=O)/C(Cc3cc(C4CC4)c(Cl)cc3Nc3ncccn3)=N\O)CC2)C1. The van der Waals surface area contributed by atoms with Crippen LogP contribution in [0.15, 0.2) is 48.4 Å². The summed E-state index contributed by atoms with van der Waals surface area (Å²) in [6.45, 7) is 7.37. The standard InChI is InChI=1S/C26H30ClN7O3/c1-2-24(35)34-15-19(16-34)32-8-10-33(11-9-32)25(36)23(31-37)13-18-12-20(17-4-5-17)21(27)14-22(18)30-26-28-6-3-7-29-26/h2-3,6-7,12,14,17,19,37H,1,4-5,8-11,13,15-16H2,(H,28,29,30)/b31-23-. The van der Waals surface area contributed by atoms with E-state index in [2.05, 4.69) is 31.9 Å². The van der Waals surface area contributed by atoms with E-state index in [0.29, 0.717) is 67.9 Å². The highest BCUT2D eigenvalue weighted by molar-refractivity contribution is 6.39. The third-order valence-corrected chi connectivity index (χ3v) is 7.57. The van der Waals surface area contributed by atoms with E-state index in [-0.39, 0.29) is 23.9 Å². The number of carbonyl (C=O) groups is 2. The van der Waals surface area contributed by atoms with Gasteiger partial charge in [0.25, 0.3) is 5.91 Å². The lowest BCUT2D eigenvalue weighted by Crippen LogP contribution is -2.64. The Bertz CT molecular complexity index is 1200. The van der Waals surface area contributed by atoms with E-state index in [1.807, 2.05) is 12.1 Å². The Morgan fingerprint density at radius 2 is 1.84 bits per heavy atom. The van der Waals surface area contributed by atoms with Crippen LogP contribution in [0, 0.1) is 0 Å². The molecule has 1 aliphatic carbocycles. The highest BCUT2D eigenvalue weighted by Crippen LogP contribution is 2.45. The van der Waals surface area contributed by atoms with Crippen LogP contribution in [0.25, 0.3) is 0 Å². The van der Waals surface area contributed by atoms with Crippen LogP contribution in [0.3, 0.4) is 0 Å². The molecular formula is C26H30ClN7O3. The fraction of sp³-hybridized carbons (Fsp3) is 0.423. The number of nitrogens with zero attached hydrogens (tertiary/aromatic N) is 6. The minimum absolute atomic E-state index is 0.0476. The van der Waals surface area contributed by atoms with Crippen LogP contribution < -0.4 is 5.32 Å². The molecule has 5 rings (SSSR count). The van der Waals surface area contributed by atoms with Crippen LogP contribution in [-0.4, -0.2) is 92.7 Å². The van der Waals surface area contributed by atoms with Crippen molar-refractivity contribution in [1.29, 1.82) is 0 Å². The maximum atomic E-state index is 13.3. The monoisotopic (exact) mass is 523 g/mol. The Hall–Kier alpha value is -3.50. The summed E-state index contributed by atoms with van der Waals surface area (Å²) in [4.78, 5) is 39.3. The van der Waals surface area contributed by atoms with Crippen LogP contribution in [0.1, 0.15) is 29.9 Å². The Balaban J connectivity index is 1.25. The van der Waals surface area contributed by atoms with E-state index in [1.165, 1.54) is 6.08 Å². The zero-order valence-electron chi connectivity index (χ0n) is 20.5. The summed E-state index contributed by atoms with van der Waals surface area (Å²) in [5.74, 6) is 0.488.